The number of carbonyl (C=O) groups is 1. The molecule has 1 atom stereocenters. The summed E-state index contributed by atoms with van der Waals surface area (Å²) in [6.45, 7) is 4.02. The lowest BCUT2D eigenvalue weighted by molar-refractivity contribution is -0.110. The lowest BCUT2D eigenvalue weighted by Gasteiger charge is -2.11. The molecule has 0 saturated heterocycles. The summed E-state index contributed by atoms with van der Waals surface area (Å²) in [4.78, 5) is 10.1. The fraction of sp³-hybridized carbons (Fsp3) is 0.875. The number of aldehydes is 1. The van der Waals surface area contributed by atoms with Crippen molar-refractivity contribution < 1.29 is 9.53 Å². The quantitative estimate of drug-likeness (QED) is 0.619. The van der Waals surface area contributed by atoms with Crippen LogP contribution in [0.4, 0.5) is 0 Å². The van der Waals surface area contributed by atoms with Gasteiger partial charge in [-0.1, -0.05) is 13.8 Å². The molecule has 3 heteroatoms. The highest BCUT2D eigenvalue weighted by atomic mass is 16.4. The molecular formula is C8H19NO2. The van der Waals surface area contributed by atoms with Crippen LogP contribution in [0.2, 0.25) is 0 Å². The van der Waals surface area contributed by atoms with E-state index in [9.17, 15) is 4.79 Å². The Morgan fingerprint density at radius 3 is 1.73 bits per heavy atom. The van der Waals surface area contributed by atoms with E-state index in [2.05, 4.69) is 10.1 Å². The van der Waals surface area contributed by atoms with Gasteiger partial charge in [-0.3, -0.25) is 0 Å². The molecule has 0 bridgehead atoms. The lowest BCUT2D eigenvalue weighted by atomic mass is 10.1. The number of likely N-dealkylation sites (N-methyl/N-ethyl adjacent to an activating group) is 1. The lowest BCUT2D eigenvalue weighted by Crippen LogP contribution is -2.31. The fourth-order valence-corrected chi connectivity index (χ4v) is 0.559. The molecule has 0 rings (SSSR count). The van der Waals surface area contributed by atoms with Crippen molar-refractivity contribution in [3.63, 3.8) is 0 Å². The minimum absolute atomic E-state index is 0.0231. The Balaban J connectivity index is 0. The Kier molecular flexibility index (Phi) is 11.5. The van der Waals surface area contributed by atoms with E-state index < -0.39 is 0 Å². The van der Waals surface area contributed by atoms with Gasteiger partial charge in [-0.15, -0.1) is 0 Å². The summed E-state index contributed by atoms with van der Waals surface area (Å²) < 4.78 is 4.25. The molecule has 0 heterocycles. The minimum Gasteiger partial charge on any atom is -0.388 e. The monoisotopic (exact) mass is 161 g/mol. The number of carbonyl (C=O) groups excluding carboxylic acids is 1. The highest BCUT2D eigenvalue weighted by Crippen LogP contribution is 1.95. The predicted molar refractivity (Wildman–Crippen MR) is 46.7 cm³/mol. The zero-order chi connectivity index (χ0) is 9.28. The molecule has 0 amide bonds. The number of hydrogen-bond donors (Lipinski definition) is 1. The van der Waals surface area contributed by atoms with Gasteiger partial charge in [-0.25, -0.2) is 0 Å². The van der Waals surface area contributed by atoms with Crippen molar-refractivity contribution in [2.24, 2.45) is 5.92 Å². The van der Waals surface area contributed by atoms with Crippen LogP contribution < -0.4 is 5.32 Å². The van der Waals surface area contributed by atoms with Crippen LogP contribution in [0.15, 0.2) is 0 Å². The fourth-order valence-electron chi connectivity index (χ4n) is 0.559. The molecule has 0 saturated carbocycles. The van der Waals surface area contributed by atoms with Crippen LogP contribution in [-0.4, -0.2) is 33.6 Å². The Hall–Kier alpha value is -0.410. The first-order chi connectivity index (χ1) is 5.13. The highest BCUT2D eigenvalue weighted by molar-refractivity contribution is 5.57. The van der Waals surface area contributed by atoms with Crippen LogP contribution >= 0.6 is 0 Å². The third-order valence-electron chi connectivity index (χ3n) is 1.20. The maximum absolute atomic E-state index is 10.1. The van der Waals surface area contributed by atoms with Crippen molar-refractivity contribution in [1.82, 2.24) is 5.32 Å². The Labute approximate surface area is 69.1 Å². The molecule has 0 aliphatic heterocycles. The van der Waals surface area contributed by atoms with Gasteiger partial charge in [0, 0.05) is 14.2 Å². The Morgan fingerprint density at radius 2 is 1.73 bits per heavy atom. The number of nitrogens with one attached hydrogen (secondary N) is 1. The van der Waals surface area contributed by atoms with Gasteiger partial charge in [-0.2, -0.15) is 0 Å². The van der Waals surface area contributed by atoms with E-state index >= 15 is 0 Å². The SMILES string of the molecule is CNC(C=O)C(C)C.COC. The normalized spacial score (nSPS) is 11.8. The molecule has 0 aromatic carbocycles. The zero-order valence-corrected chi connectivity index (χ0v) is 8.05. The van der Waals surface area contributed by atoms with Crippen molar-refractivity contribution in [3.8, 4) is 0 Å². The van der Waals surface area contributed by atoms with Crippen molar-refractivity contribution >= 4 is 6.29 Å². The molecule has 1 unspecified atom stereocenters. The molecule has 0 aliphatic carbocycles. The summed E-state index contributed by atoms with van der Waals surface area (Å²) >= 11 is 0. The predicted octanol–water partition coefficient (Wildman–Crippen LogP) is 0.692. The van der Waals surface area contributed by atoms with Crippen LogP contribution in [0.3, 0.4) is 0 Å². The summed E-state index contributed by atoms with van der Waals surface area (Å²) in [5.41, 5.74) is 0. The summed E-state index contributed by atoms with van der Waals surface area (Å²) in [5.74, 6) is 0.400. The molecule has 0 aliphatic rings. The number of rotatable bonds is 3. The van der Waals surface area contributed by atoms with Crippen molar-refractivity contribution in [2.45, 2.75) is 19.9 Å². The number of hydrogen-bond acceptors (Lipinski definition) is 3. The van der Waals surface area contributed by atoms with Gasteiger partial charge in [0.15, 0.2) is 0 Å². The molecule has 11 heavy (non-hydrogen) atoms. The molecule has 1 N–H and O–H groups in total. The van der Waals surface area contributed by atoms with Gasteiger partial charge >= 0.3 is 0 Å². The summed E-state index contributed by atoms with van der Waals surface area (Å²) in [6, 6.07) is 0.0231. The van der Waals surface area contributed by atoms with E-state index in [4.69, 9.17) is 0 Å². The first kappa shape index (κ1) is 13.2. The average molecular weight is 161 g/mol. The maximum atomic E-state index is 10.1. The van der Waals surface area contributed by atoms with Crippen molar-refractivity contribution in [3.05, 3.63) is 0 Å². The van der Waals surface area contributed by atoms with E-state index in [1.807, 2.05) is 13.8 Å². The van der Waals surface area contributed by atoms with Gasteiger partial charge < -0.3 is 14.8 Å². The second-order valence-corrected chi connectivity index (χ2v) is 2.60. The molecule has 0 aromatic rings. The first-order valence-electron chi connectivity index (χ1n) is 3.66. The zero-order valence-electron chi connectivity index (χ0n) is 8.05. The summed E-state index contributed by atoms with van der Waals surface area (Å²) in [5, 5.41) is 2.88. The Morgan fingerprint density at radius 1 is 1.36 bits per heavy atom. The third-order valence-corrected chi connectivity index (χ3v) is 1.20. The highest BCUT2D eigenvalue weighted by Gasteiger charge is 2.06. The summed E-state index contributed by atoms with van der Waals surface area (Å²) in [7, 11) is 5.04. The first-order valence-corrected chi connectivity index (χ1v) is 3.66. The van der Waals surface area contributed by atoms with Crippen LogP contribution in [-0.2, 0) is 9.53 Å². The Bertz CT molecular complexity index is 84.2. The van der Waals surface area contributed by atoms with E-state index in [0.29, 0.717) is 5.92 Å². The molecule has 0 aromatic heterocycles. The van der Waals surface area contributed by atoms with Crippen LogP contribution in [0.25, 0.3) is 0 Å². The molecule has 0 fully saturated rings. The van der Waals surface area contributed by atoms with Crippen LogP contribution in [0.1, 0.15) is 13.8 Å². The number of methoxy groups -OCH3 is 1. The van der Waals surface area contributed by atoms with E-state index in [1.165, 1.54) is 0 Å². The van der Waals surface area contributed by atoms with Crippen molar-refractivity contribution in [1.29, 1.82) is 0 Å². The smallest absolute Gasteiger partial charge is 0.137 e. The maximum Gasteiger partial charge on any atom is 0.137 e. The second kappa shape index (κ2) is 9.59. The molecule has 0 spiro atoms. The van der Waals surface area contributed by atoms with E-state index in [-0.39, 0.29) is 6.04 Å². The molecular weight excluding hydrogens is 142 g/mol. The van der Waals surface area contributed by atoms with Crippen molar-refractivity contribution in [2.75, 3.05) is 21.3 Å². The third kappa shape index (κ3) is 9.59. The van der Waals surface area contributed by atoms with Gasteiger partial charge in [0.2, 0.25) is 0 Å². The summed E-state index contributed by atoms with van der Waals surface area (Å²) in [6.07, 6.45) is 0.935. The van der Waals surface area contributed by atoms with Gasteiger partial charge in [0.1, 0.15) is 6.29 Å². The van der Waals surface area contributed by atoms with Crippen LogP contribution in [0.5, 0.6) is 0 Å². The van der Waals surface area contributed by atoms with E-state index in [1.54, 1.807) is 21.3 Å². The molecule has 68 valence electrons. The average Bonchev–Trinajstić information content (AvgIpc) is 1.91. The minimum atomic E-state index is 0.0231. The largest absolute Gasteiger partial charge is 0.388 e. The van der Waals surface area contributed by atoms with Gasteiger partial charge in [0.25, 0.3) is 0 Å². The van der Waals surface area contributed by atoms with Gasteiger partial charge in [0.05, 0.1) is 6.04 Å². The molecule has 0 radical (unpaired) electrons. The van der Waals surface area contributed by atoms with Crippen LogP contribution in [0, 0.1) is 5.92 Å². The van der Waals surface area contributed by atoms with E-state index in [0.717, 1.165) is 6.29 Å². The standard InChI is InChI=1S/C6H13NO.C2H6O/c1-5(2)6(4-8)7-3;1-3-2/h4-7H,1-3H3;1-2H3. The topological polar surface area (TPSA) is 38.3 Å². The molecule has 3 nitrogen and oxygen atoms in total. The van der Waals surface area contributed by atoms with Gasteiger partial charge in [-0.05, 0) is 13.0 Å². The number of ether oxygens (including phenoxy) is 1. The second-order valence-electron chi connectivity index (χ2n) is 2.60.